The summed E-state index contributed by atoms with van der Waals surface area (Å²) in [5.41, 5.74) is 2.11. The average Bonchev–Trinajstić information content (AvgIpc) is 2.18. The van der Waals surface area contributed by atoms with Crippen LogP contribution in [0.5, 0.6) is 0 Å². The molecule has 2 heteroatoms. The Morgan fingerprint density at radius 1 is 1.14 bits per heavy atom. The molecule has 2 aromatic carbocycles. The van der Waals surface area contributed by atoms with Gasteiger partial charge in [-0.05, 0) is 35.4 Å². The molecule has 0 unspecified atom stereocenters. The van der Waals surface area contributed by atoms with E-state index in [0.717, 1.165) is 20.6 Å². The van der Waals surface area contributed by atoms with Crippen LogP contribution < -0.4 is 0 Å². The molecule has 0 aliphatic heterocycles. The molecule has 0 spiro atoms. The Labute approximate surface area is 96.7 Å². The van der Waals surface area contributed by atoms with Gasteiger partial charge in [-0.3, -0.25) is 0 Å². The maximum Gasteiger partial charge on any atom is 0.0412 e. The summed E-state index contributed by atoms with van der Waals surface area (Å²) in [5.74, 6) is 0. The van der Waals surface area contributed by atoms with Gasteiger partial charge in [0.2, 0.25) is 0 Å². The lowest BCUT2D eigenvalue weighted by Gasteiger charge is -2.03. The third-order valence-electron chi connectivity index (χ3n) is 1.93. The Hall–Kier alpha value is -0.790. The molecule has 69 valence electrons. The van der Waals surface area contributed by atoms with Gasteiger partial charge in [-0.2, -0.15) is 0 Å². The first-order chi connectivity index (χ1) is 6.77. The van der Waals surface area contributed by atoms with Crippen molar-refractivity contribution in [2.75, 3.05) is 0 Å². The van der Waals surface area contributed by atoms with Crippen LogP contribution in [0, 0.1) is 6.07 Å². The van der Waals surface area contributed by atoms with Crippen LogP contribution in [0.2, 0.25) is 5.02 Å². The van der Waals surface area contributed by atoms with Crippen molar-refractivity contribution < 1.29 is 0 Å². The summed E-state index contributed by atoms with van der Waals surface area (Å²) < 4.78 is 1.05. The van der Waals surface area contributed by atoms with Gasteiger partial charge < -0.3 is 0 Å². The van der Waals surface area contributed by atoms with Gasteiger partial charge >= 0.3 is 0 Å². The van der Waals surface area contributed by atoms with E-state index in [4.69, 9.17) is 11.6 Å². The molecule has 0 aliphatic carbocycles. The molecule has 2 aromatic rings. The molecule has 0 fully saturated rings. The van der Waals surface area contributed by atoms with Crippen molar-refractivity contribution in [2.24, 2.45) is 0 Å². The van der Waals surface area contributed by atoms with Crippen LogP contribution in [0.3, 0.4) is 0 Å². The Bertz CT molecular complexity index is 452. The summed E-state index contributed by atoms with van der Waals surface area (Å²) in [5, 5.41) is 0.731. The maximum absolute atomic E-state index is 5.91. The summed E-state index contributed by atoms with van der Waals surface area (Å²) in [6, 6.07) is 16.7. The molecule has 0 heterocycles. The first-order valence-electron chi connectivity index (χ1n) is 4.19. The zero-order valence-corrected chi connectivity index (χ0v) is 9.64. The number of benzene rings is 2. The minimum atomic E-state index is 0.731. The number of halogens is 2. The summed E-state index contributed by atoms with van der Waals surface area (Å²) in [7, 11) is 0. The summed E-state index contributed by atoms with van der Waals surface area (Å²) in [4.78, 5) is 0. The Balaban J connectivity index is 2.55. The van der Waals surface area contributed by atoms with Crippen LogP contribution in [-0.2, 0) is 0 Å². The van der Waals surface area contributed by atoms with E-state index < -0.39 is 0 Å². The second-order valence-electron chi connectivity index (χ2n) is 2.90. The zero-order chi connectivity index (χ0) is 9.97. The van der Waals surface area contributed by atoms with Crippen molar-refractivity contribution >= 4 is 27.5 Å². The van der Waals surface area contributed by atoms with Crippen molar-refractivity contribution in [1.82, 2.24) is 0 Å². The van der Waals surface area contributed by atoms with Gasteiger partial charge in [-0.25, -0.2) is 0 Å². The lowest BCUT2D eigenvalue weighted by molar-refractivity contribution is 1.58. The SMILES string of the molecule is Clc1cc[c]c(-c2ccccc2Br)c1. The van der Waals surface area contributed by atoms with Crippen LogP contribution in [0.15, 0.2) is 46.9 Å². The monoisotopic (exact) mass is 265 g/mol. The predicted molar refractivity (Wildman–Crippen MR) is 63.4 cm³/mol. The van der Waals surface area contributed by atoms with Crippen LogP contribution in [0.25, 0.3) is 11.1 Å². The number of rotatable bonds is 1. The van der Waals surface area contributed by atoms with E-state index in [0.29, 0.717) is 0 Å². The molecule has 0 aromatic heterocycles. The zero-order valence-electron chi connectivity index (χ0n) is 7.30. The molecule has 1 radical (unpaired) electrons. The molecule has 0 amide bonds. The third-order valence-corrected chi connectivity index (χ3v) is 2.85. The number of hydrogen-bond donors (Lipinski definition) is 0. The summed E-state index contributed by atoms with van der Waals surface area (Å²) >= 11 is 9.41. The molecule has 14 heavy (non-hydrogen) atoms. The second-order valence-corrected chi connectivity index (χ2v) is 4.19. The average molecular weight is 267 g/mol. The first-order valence-corrected chi connectivity index (χ1v) is 5.36. The Morgan fingerprint density at radius 3 is 2.64 bits per heavy atom. The lowest BCUT2D eigenvalue weighted by Crippen LogP contribution is -1.79. The smallest absolute Gasteiger partial charge is 0.0412 e. The molecule has 0 atom stereocenters. The van der Waals surface area contributed by atoms with Gasteiger partial charge in [-0.15, -0.1) is 0 Å². The molecule has 0 aliphatic rings. The van der Waals surface area contributed by atoms with E-state index >= 15 is 0 Å². The fourth-order valence-electron chi connectivity index (χ4n) is 1.27. The van der Waals surface area contributed by atoms with Crippen LogP contribution in [0.1, 0.15) is 0 Å². The topological polar surface area (TPSA) is 0 Å². The Morgan fingerprint density at radius 2 is 1.93 bits per heavy atom. The van der Waals surface area contributed by atoms with E-state index in [2.05, 4.69) is 22.0 Å². The highest BCUT2D eigenvalue weighted by molar-refractivity contribution is 9.10. The molecule has 0 saturated carbocycles. The molecule has 2 rings (SSSR count). The van der Waals surface area contributed by atoms with Crippen LogP contribution >= 0.6 is 27.5 Å². The van der Waals surface area contributed by atoms with Crippen molar-refractivity contribution in [1.29, 1.82) is 0 Å². The number of hydrogen-bond acceptors (Lipinski definition) is 0. The molecule has 0 saturated heterocycles. The molecular formula is C12H7BrCl. The molecule has 0 N–H and O–H groups in total. The van der Waals surface area contributed by atoms with E-state index in [1.165, 1.54) is 0 Å². The van der Waals surface area contributed by atoms with Crippen molar-refractivity contribution in [2.45, 2.75) is 0 Å². The van der Waals surface area contributed by atoms with Gasteiger partial charge in [0.15, 0.2) is 0 Å². The highest BCUT2D eigenvalue weighted by atomic mass is 79.9. The van der Waals surface area contributed by atoms with E-state index in [1.807, 2.05) is 42.5 Å². The standard InChI is InChI=1S/C12H7BrCl/c13-12-7-2-1-6-11(12)9-4-3-5-10(14)8-9/h1-3,5-8H. The fraction of sp³-hybridized carbons (Fsp3) is 0. The third kappa shape index (κ3) is 1.99. The van der Waals surface area contributed by atoms with E-state index in [-0.39, 0.29) is 0 Å². The maximum atomic E-state index is 5.91. The Kier molecular flexibility index (Phi) is 2.90. The van der Waals surface area contributed by atoms with Crippen molar-refractivity contribution in [3.05, 3.63) is 58.0 Å². The minimum absolute atomic E-state index is 0.731. The molecular weight excluding hydrogens is 259 g/mol. The van der Waals surface area contributed by atoms with Crippen LogP contribution in [0.4, 0.5) is 0 Å². The van der Waals surface area contributed by atoms with Gasteiger partial charge in [-0.1, -0.05) is 51.8 Å². The van der Waals surface area contributed by atoms with Crippen molar-refractivity contribution in [3.8, 4) is 11.1 Å². The van der Waals surface area contributed by atoms with Gasteiger partial charge in [0.05, 0.1) is 0 Å². The summed E-state index contributed by atoms with van der Waals surface area (Å²) in [6.45, 7) is 0. The van der Waals surface area contributed by atoms with Crippen molar-refractivity contribution in [3.63, 3.8) is 0 Å². The van der Waals surface area contributed by atoms with Gasteiger partial charge in [0.25, 0.3) is 0 Å². The first kappa shape index (κ1) is 9.75. The fourth-order valence-corrected chi connectivity index (χ4v) is 1.94. The normalized spacial score (nSPS) is 10.1. The van der Waals surface area contributed by atoms with Gasteiger partial charge in [0, 0.05) is 9.50 Å². The van der Waals surface area contributed by atoms with E-state index in [1.54, 1.807) is 0 Å². The lowest BCUT2D eigenvalue weighted by atomic mass is 10.1. The van der Waals surface area contributed by atoms with E-state index in [9.17, 15) is 0 Å². The van der Waals surface area contributed by atoms with Gasteiger partial charge in [0.1, 0.15) is 0 Å². The largest absolute Gasteiger partial charge is 0.0843 e. The summed E-state index contributed by atoms with van der Waals surface area (Å²) in [6.07, 6.45) is 0. The highest BCUT2D eigenvalue weighted by Crippen LogP contribution is 2.28. The minimum Gasteiger partial charge on any atom is -0.0843 e. The van der Waals surface area contributed by atoms with Crippen LogP contribution in [-0.4, -0.2) is 0 Å². The quantitative estimate of drug-likeness (QED) is 0.709. The predicted octanol–water partition coefficient (Wildman–Crippen LogP) is 4.57. The highest BCUT2D eigenvalue weighted by Gasteiger charge is 2.01. The second kappa shape index (κ2) is 4.16. The molecule has 0 nitrogen and oxygen atoms in total. The molecule has 0 bridgehead atoms.